The van der Waals surface area contributed by atoms with Gasteiger partial charge in [0.05, 0.1) is 5.56 Å². The molecule has 1 aromatic rings. The minimum Gasteiger partial charge on any atom is -0.423 e. The van der Waals surface area contributed by atoms with E-state index >= 15 is 0 Å². The zero-order chi connectivity index (χ0) is 11.4. The van der Waals surface area contributed by atoms with E-state index in [0.29, 0.717) is 0 Å². The third-order valence-corrected chi connectivity index (χ3v) is 1.71. The molecule has 15 heavy (non-hydrogen) atoms. The van der Waals surface area contributed by atoms with Gasteiger partial charge in [0.2, 0.25) is 0 Å². The molecule has 0 N–H and O–H groups in total. The highest BCUT2D eigenvalue weighted by Gasteiger charge is 2.18. The molecule has 0 fully saturated rings. The van der Waals surface area contributed by atoms with Crippen LogP contribution in [0.2, 0.25) is 0 Å². The van der Waals surface area contributed by atoms with E-state index in [4.69, 9.17) is 0 Å². The Morgan fingerprint density at radius 1 is 1.47 bits per heavy atom. The molecule has 0 bridgehead atoms. The maximum absolute atomic E-state index is 13.3. The summed E-state index contributed by atoms with van der Waals surface area (Å²) in [7, 11) is 0. The van der Waals surface area contributed by atoms with Gasteiger partial charge < -0.3 is 4.74 Å². The van der Waals surface area contributed by atoms with Crippen LogP contribution in [0.5, 0.6) is 0 Å². The van der Waals surface area contributed by atoms with Gasteiger partial charge in [-0.3, -0.25) is 0 Å². The Labute approximate surface area is 86.2 Å². The summed E-state index contributed by atoms with van der Waals surface area (Å²) < 4.78 is 30.7. The lowest BCUT2D eigenvalue weighted by Crippen LogP contribution is -2.09. The second-order valence-corrected chi connectivity index (χ2v) is 3.02. The van der Waals surface area contributed by atoms with Crippen LogP contribution < -0.4 is 0 Å². The van der Waals surface area contributed by atoms with Crippen molar-refractivity contribution in [3.05, 3.63) is 47.8 Å². The van der Waals surface area contributed by atoms with Crippen molar-refractivity contribution >= 4 is 5.97 Å². The summed E-state index contributed by atoms with van der Waals surface area (Å²) in [4.78, 5) is 11.0. The number of rotatable bonds is 3. The first kappa shape index (κ1) is 11.4. The van der Waals surface area contributed by atoms with Gasteiger partial charge in [-0.2, -0.15) is 4.39 Å². The van der Waals surface area contributed by atoms with Crippen LogP contribution >= 0.6 is 0 Å². The molecule has 0 radical (unpaired) electrons. The maximum atomic E-state index is 13.3. The Bertz CT molecular complexity index is 388. The van der Waals surface area contributed by atoms with E-state index < -0.39 is 18.1 Å². The first-order chi connectivity index (χ1) is 7.02. The highest BCUT2D eigenvalue weighted by molar-refractivity contribution is 5.87. The molecule has 0 saturated heterocycles. The Balaban J connectivity index is 2.78. The Hall–Kier alpha value is -1.71. The van der Waals surface area contributed by atoms with Crippen molar-refractivity contribution in [2.24, 2.45) is 0 Å². The summed E-state index contributed by atoms with van der Waals surface area (Å²) in [5, 5.41) is 0. The summed E-state index contributed by atoms with van der Waals surface area (Å²) >= 11 is 0. The second-order valence-electron chi connectivity index (χ2n) is 3.02. The third-order valence-electron chi connectivity index (χ3n) is 1.71. The molecule has 0 spiro atoms. The Morgan fingerprint density at radius 3 is 2.60 bits per heavy atom. The lowest BCUT2D eigenvalue weighted by Gasteiger charge is -2.10. The SMILES string of the molecule is C=C(C)C(=O)OC(F)c1ccccc1F. The summed E-state index contributed by atoms with van der Waals surface area (Å²) in [5.41, 5.74) is -0.235. The van der Waals surface area contributed by atoms with Crippen molar-refractivity contribution in [2.45, 2.75) is 13.3 Å². The summed E-state index contributed by atoms with van der Waals surface area (Å²) in [6.45, 7) is 4.67. The molecule has 0 aliphatic carbocycles. The highest BCUT2D eigenvalue weighted by atomic mass is 19.2. The number of carbonyl (C=O) groups is 1. The largest absolute Gasteiger partial charge is 0.423 e. The highest BCUT2D eigenvalue weighted by Crippen LogP contribution is 2.22. The fourth-order valence-electron chi connectivity index (χ4n) is 0.917. The van der Waals surface area contributed by atoms with Gasteiger partial charge >= 0.3 is 5.97 Å². The average molecular weight is 212 g/mol. The van der Waals surface area contributed by atoms with Crippen LogP contribution in [0.1, 0.15) is 18.8 Å². The third kappa shape index (κ3) is 2.87. The van der Waals surface area contributed by atoms with Gasteiger partial charge in [0.25, 0.3) is 6.36 Å². The molecular weight excluding hydrogens is 202 g/mol. The molecule has 0 amide bonds. The molecule has 0 saturated carbocycles. The topological polar surface area (TPSA) is 26.3 Å². The van der Waals surface area contributed by atoms with Crippen LogP contribution in [0, 0.1) is 5.82 Å². The average Bonchev–Trinajstić information content (AvgIpc) is 2.18. The van der Waals surface area contributed by atoms with Crippen LogP contribution in [0.15, 0.2) is 36.4 Å². The van der Waals surface area contributed by atoms with E-state index in [1.165, 1.54) is 25.1 Å². The number of esters is 1. The van der Waals surface area contributed by atoms with Crippen LogP contribution in [-0.4, -0.2) is 5.97 Å². The smallest absolute Gasteiger partial charge is 0.335 e. The first-order valence-electron chi connectivity index (χ1n) is 4.27. The molecule has 0 heterocycles. The van der Waals surface area contributed by atoms with Gasteiger partial charge in [-0.05, 0) is 19.1 Å². The summed E-state index contributed by atoms with van der Waals surface area (Å²) in [6.07, 6.45) is -2.10. The Morgan fingerprint density at radius 2 is 2.07 bits per heavy atom. The van der Waals surface area contributed by atoms with Crippen LogP contribution in [-0.2, 0) is 9.53 Å². The van der Waals surface area contributed by atoms with Crippen LogP contribution in [0.4, 0.5) is 8.78 Å². The number of alkyl halides is 1. The van der Waals surface area contributed by atoms with Crippen molar-refractivity contribution in [3.8, 4) is 0 Å². The number of benzene rings is 1. The zero-order valence-electron chi connectivity index (χ0n) is 8.17. The molecule has 0 aromatic heterocycles. The second kappa shape index (κ2) is 4.68. The molecule has 2 nitrogen and oxygen atoms in total. The fourth-order valence-corrected chi connectivity index (χ4v) is 0.917. The van der Waals surface area contributed by atoms with Crippen molar-refractivity contribution in [1.82, 2.24) is 0 Å². The predicted octanol–water partition coefficient (Wildman–Crippen LogP) is 2.91. The van der Waals surface area contributed by atoms with E-state index in [-0.39, 0.29) is 11.1 Å². The molecule has 0 aliphatic heterocycles. The quantitative estimate of drug-likeness (QED) is 0.568. The van der Waals surface area contributed by atoms with Gasteiger partial charge in [0.1, 0.15) is 5.82 Å². The van der Waals surface area contributed by atoms with Gasteiger partial charge in [0, 0.05) is 5.57 Å². The van der Waals surface area contributed by atoms with Gasteiger partial charge in [-0.1, -0.05) is 18.7 Å². The van der Waals surface area contributed by atoms with Crippen molar-refractivity contribution in [3.63, 3.8) is 0 Å². The van der Waals surface area contributed by atoms with Crippen molar-refractivity contribution in [2.75, 3.05) is 0 Å². The minimum absolute atomic E-state index is 0.0639. The number of hydrogen-bond acceptors (Lipinski definition) is 2. The predicted molar refractivity (Wildman–Crippen MR) is 51.2 cm³/mol. The first-order valence-corrected chi connectivity index (χ1v) is 4.27. The van der Waals surface area contributed by atoms with E-state index in [9.17, 15) is 13.6 Å². The molecule has 1 unspecified atom stereocenters. The molecule has 4 heteroatoms. The Kier molecular flexibility index (Phi) is 3.55. The molecule has 80 valence electrons. The number of ether oxygens (including phenoxy) is 1. The van der Waals surface area contributed by atoms with Gasteiger partial charge in [-0.15, -0.1) is 0 Å². The lowest BCUT2D eigenvalue weighted by atomic mass is 10.2. The molecule has 1 rings (SSSR count). The standard InChI is InChI=1S/C11H10F2O2/c1-7(2)11(14)15-10(13)8-5-3-4-6-9(8)12/h3-6,10H,1H2,2H3. The maximum Gasteiger partial charge on any atom is 0.335 e. The van der Waals surface area contributed by atoms with Gasteiger partial charge in [-0.25, -0.2) is 9.18 Å². The monoisotopic (exact) mass is 212 g/mol. The summed E-state index contributed by atoms with van der Waals surface area (Å²) in [5.74, 6) is -1.63. The molecule has 0 aliphatic rings. The number of hydrogen-bond donors (Lipinski definition) is 0. The van der Waals surface area contributed by atoms with E-state index in [1.807, 2.05) is 0 Å². The molecule has 1 atom stereocenters. The van der Waals surface area contributed by atoms with Gasteiger partial charge in [0.15, 0.2) is 0 Å². The minimum atomic E-state index is -2.10. The summed E-state index contributed by atoms with van der Waals surface area (Å²) in [6, 6.07) is 5.19. The van der Waals surface area contributed by atoms with Crippen LogP contribution in [0.3, 0.4) is 0 Å². The van der Waals surface area contributed by atoms with E-state index in [1.54, 1.807) is 0 Å². The van der Waals surface area contributed by atoms with Crippen molar-refractivity contribution < 1.29 is 18.3 Å². The molecule has 1 aromatic carbocycles. The normalized spacial score (nSPS) is 11.9. The zero-order valence-corrected chi connectivity index (χ0v) is 8.17. The fraction of sp³-hybridized carbons (Fsp3) is 0.182. The number of halogens is 2. The lowest BCUT2D eigenvalue weighted by molar-refractivity contribution is -0.153. The van der Waals surface area contributed by atoms with Crippen LogP contribution in [0.25, 0.3) is 0 Å². The van der Waals surface area contributed by atoms with E-state index in [2.05, 4.69) is 11.3 Å². The van der Waals surface area contributed by atoms with Crippen molar-refractivity contribution in [1.29, 1.82) is 0 Å². The van der Waals surface area contributed by atoms with E-state index in [0.717, 1.165) is 6.07 Å². The number of carbonyl (C=O) groups excluding carboxylic acids is 1. The molecular formula is C11H10F2O2.